The molecule has 25 heavy (non-hydrogen) atoms. The Balaban J connectivity index is 1.93. The normalized spacial score (nSPS) is 20.2. The first-order valence-electron chi connectivity index (χ1n) is 8.12. The number of cyclic esters (lactones) is 1. The number of carbonyl (C=O) groups is 2. The maximum atomic E-state index is 12.2. The number of benzene rings is 1. The molecule has 0 radical (unpaired) electrons. The van der Waals surface area contributed by atoms with Crippen molar-refractivity contribution in [2.45, 2.75) is 49.2 Å². The standard InChI is InChI=1S/C18H21IO6/c1-9-11-8-24-17(21)14(11)16-10(15(9)23-4)7-12(25-16)18(2,19)6-5-13(20)22-3/h12H,5-8H2,1-4H3/t12-,18+/m1/s1. The predicted octanol–water partition coefficient (Wildman–Crippen LogP) is 3.12. The van der Waals surface area contributed by atoms with Gasteiger partial charge in [0, 0.05) is 24.0 Å². The highest BCUT2D eigenvalue weighted by Gasteiger charge is 2.44. The number of hydrogen-bond donors (Lipinski definition) is 0. The average Bonchev–Trinajstić information content (AvgIpc) is 3.18. The van der Waals surface area contributed by atoms with Gasteiger partial charge in [0.15, 0.2) is 0 Å². The first-order chi connectivity index (χ1) is 11.8. The zero-order chi connectivity index (χ0) is 18.4. The third kappa shape index (κ3) is 3.07. The van der Waals surface area contributed by atoms with Gasteiger partial charge in [0.2, 0.25) is 0 Å². The summed E-state index contributed by atoms with van der Waals surface area (Å²) < 4.78 is 21.5. The van der Waals surface area contributed by atoms with Crippen molar-refractivity contribution in [1.29, 1.82) is 0 Å². The number of rotatable bonds is 5. The molecule has 0 aromatic heterocycles. The van der Waals surface area contributed by atoms with E-state index in [4.69, 9.17) is 18.9 Å². The highest BCUT2D eigenvalue weighted by molar-refractivity contribution is 14.1. The van der Waals surface area contributed by atoms with Crippen LogP contribution in [0.1, 0.15) is 46.8 Å². The van der Waals surface area contributed by atoms with Gasteiger partial charge in [-0.2, -0.15) is 0 Å². The van der Waals surface area contributed by atoms with Crippen molar-refractivity contribution in [3.05, 3.63) is 22.3 Å². The number of alkyl halides is 1. The van der Waals surface area contributed by atoms with Gasteiger partial charge in [-0.25, -0.2) is 4.79 Å². The maximum absolute atomic E-state index is 12.2. The summed E-state index contributed by atoms with van der Waals surface area (Å²) in [5, 5.41) is 0. The molecule has 0 fully saturated rings. The number of esters is 2. The lowest BCUT2D eigenvalue weighted by atomic mass is 9.92. The second-order valence-electron chi connectivity index (χ2n) is 6.56. The van der Waals surface area contributed by atoms with E-state index in [1.807, 2.05) is 13.8 Å². The predicted molar refractivity (Wildman–Crippen MR) is 98.6 cm³/mol. The van der Waals surface area contributed by atoms with Gasteiger partial charge < -0.3 is 18.9 Å². The molecule has 0 saturated carbocycles. The van der Waals surface area contributed by atoms with Gasteiger partial charge in [0.1, 0.15) is 29.8 Å². The van der Waals surface area contributed by atoms with E-state index in [0.29, 0.717) is 30.6 Å². The Morgan fingerprint density at radius 3 is 2.72 bits per heavy atom. The van der Waals surface area contributed by atoms with Crippen molar-refractivity contribution in [2.24, 2.45) is 0 Å². The van der Waals surface area contributed by atoms with E-state index in [1.54, 1.807) is 7.11 Å². The summed E-state index contributed by atoms with van der Waals surface area (Å²) in [6, 6.07) is 0. The number of hydrogen-bond acceptors (Lipinski definition) is 6. The molecule has 0 spiro atoms. The van der Waals surface area contributed by atoms with E-state index >= 15 is 0 Å². The second-order valence-corrected chi connectivity index (χ2v) is 9.02. The zero-order valence-corrected chi connectivity index (χ0v) is 16.9. The third-order valence-electron chi connectivity index (χ3n) is 4.99. The average molecular weight is 460 g/mol. The van der Waals surface area contributed by atoms with Crippen molar-refractivity contribution in [2.75, 3.05) is 14.2 Å². The summed E-state index contributed by atoms with van der Waals surface area (Å²) in [5.41, 5.74) is 3.20. The molecule has 1 aromatic rings. The third-order valence-corrected chi connectivity index (χ3v) is 6.23. The van der Waals surface area contributed by atoms with Gasteiger partial charge in [-0.05, 0) is 25.8 Å². The van der Waals surface area contributed by atoms with Gasteiger partial charge in [0.05, 0.1) is 17.6 Å². The molecular weight excluding hydrogens is 439 g/mol. The minimum atomic E-state index is -0.345. The Bertz CT molecular complexity index is 740. The topological polar surface area (TPSA) is 71.1 Å². The first kappa shape index (κ1) is 18.3. The Morgan fingerprint density at radius 2 is 2.08 bits per heavy atom. The van der Waals surface area contributed by atoms with Crippen molar-refractivity contribution in [1.82, 2.24) is 0 Å². The van der Waals surface area contributed by atoms with Crippen LogP contribution in [0.5, 0.6) is 11.5 Å². The summed E-state index contributed by atoms with van der Waals surface area (Å²) in [5.74, 6) is 0.749. The minimum absolute atomic E-state index is 0.166. The van der Waals surface area contributed by atoms with Crippen molar-refractivity contribution in [3.63, 3.8) is 0 Å². The molecule has 0 N–H and O–H groups in total. The minimum Gasteiger partial charge on any atom is -0.496 e. The van der Waals surface area contributed by atoms with Gasteiger partial charge in [0.25, 0.3) is 0 Å². The van der Waals surface area contributed by atoms with E-state index in [9.17, 15) is 9.59 Å². The Kier molecular flexibility index (Phi) is 4.87. The molecule has 0 unspecified atom stereocenters. The van der Waals surface area contributed by atoms with E-state index in [2.05, 4.69) is 22.6 Å². The lowest BCUT2D eigenvalue weighted by Gasteiger charge is -2.28. The van der Waals surface area contributed by atoms with Crippen molar-refractivity contribution < 1.29 is 28.5 Å². The number of carbonyl (C=O) groups excluding carboxylic acids is 2. The second kappa shape index (κ2) is 6.66. The molecule has 2 aliphatic rings. The van der Waals surface area contributed by atoms with Gasteiger partial charge in [-0.1, -0.05) is 22.6 Å². The molecule has 3 rings (SSSR count). The highest BCUT2D eigenvalue weighted by Crippen LogP contribution is 2.49. The van der Waals surface area contributed by atoms with Gasteiger partial charge >= 0.3 is 11.9 Å². The van der Waals surface area contributed by atoms with Crippen LogP contribution >= 0.6 is 22.6 Å². The van der Waals surface area contributed by atoms with Crippen LogP contribution < -0.4 is 9.47 Å². The molecule has 2 aliphatic heterocycles. The summed E-state index contributed by atoms with van der Waals surface area (Å²) in [6.07, 6.45) is 1.40. The summed E-state index contributed by atoms with van der Waals surface area (Å²) in [4.78, 5) is 23.7. The zero-order valence-electron chi connectivity index (χ0n) is 14.7. The van der Waals surface area contributed by atoms with Crippen LogP contribution in [0, 0.1) is 6.92 Å². The van der Waals surface area contributed by atoms with Crippen LogP contribution in [-0.4, -0.2) is 35.7 Å². The fourth-order valence-electron chi connectivity index (χ4n) is 3.45. The molecule has 0 amide bonds. The molecular formula is C18H21IO6. The van der Waals surface area contributed by atoms with Crippen LogP contribution in [0.15, 0.2) is 0 Å². The lowest BCUT2D eigenvalue weighted by Crippen LogP contribution is -2.37. The quantitative estimate of drug-likeness (QED) is 0.382. The molecule has 2 atom stereocenters. The van der Waals surface area contributed by atoms with E-state index in [0.717, 1.165) is 22.4 Å². The highest BCUT2D eigenvalue weighted by atomic mass is 127. The monoisotopic (exact) mass is 460 g/mol. The summed E-state index contributed by atoms with van der Waals surface area (Å²) in [7, 11) is 3.01. The van der Waals surface area contributed by atoms with Crippen LogP contribution in [0.3, 0.4) is 0 Å². The Hall–Kier alpha value is -1.51. The summed E-state index contributed by atoms with van der Waals surface area (Å²) >= 11 is 2.32. The number of methoxy groups -OCH3 is 2. The smallest absolute Gasteiger partial charge is 0.342 e. The molecule has 2 heterocycles. The van der Waals surface area contributed by atoms with Crippen LogP contribution in [0.25, 0.3) is 0 Å². The van der Waals surface area contributed by atoms with Gasteiger partial charge in [-0.15, -0.1) is 0 Å². The maximum Gasteiger partial charge on any atom is 0.342 e. The largest absolute Gasteiger partial charge is 0.496 e. The molecule has 0 bridgehead atoms. The number of ether oxygens (including phenoxy) is 4. The fraction of sp³-hybridized carbons (Fsp3) is 0.556. The van der Waals surface area contributed by atoms with Crippen LogP contribution in [0.4, 0.5) is 0 Å². The molecule has 0 aliphatic carbocycles. The first-order valence-corrected chi connectivity index (χ1v) is 9.19. The number of halogens is 1. The molecule has 7 heteroatoms. The van der Waals surface area contributed by atoms with E-state index in [-0.39, 0.29) is 28.1 Å². The van der Waals surface area contributed by atoms with Crippen molar-refractivity contribution >= 4 is 34.5 Å². The molecule has 6 nitrogen and oxygen atoms in total. The molecule has 0 saturated heterocycles. The van der Waals surface area contributed by atoms with Gasteiger partial charge in [-0.3, -0.25) is 4.79 Å². The van der Waals surface area contributed by atoms with E-state index < -0.39 is 0 Å². The Morgan fingerprint density at radius 1 is 1.36 bits per heavy atom. The van der Waals surface area contributed by atoms with Crippen LogP contribution in [0.2, 0.25) is 0 Å². The lowest BCUT2D eigenvalue weighted by molar-refractivity contribution is -0.140. The van der Waals surface area contributed by atoms with E-state index in [1.165, 1.54) is 7.11 Å². The summed E-state index contributed by atoms with van der Waals surface area (Å²) in [6.45, 7) is 4.24. The SMILES string of the molecule is COC(=O)CC[C@](C)(I)[C@H]1Cc2c(OC)c(C)c3c(c2O1)C(=O)OC3. The van der Waals surface area contributed by atoms with Crippen LogP contribution in [-0.2, 0) is 27.3 Å². The fourth-order valence-corrected chi connectivity index (χ4v) is 4.07. The molecule has 1 aromatic carbocycles. The molecule has 136 valence electrons. The number of fused-ring (bicyclic) bond motifs is 3. The van der Waals surface area contributed by atoms with Crippen molar-refractivity contribution in [3.8, 4) is 11.5 Å². The Labute approximate surface area is 160 Å².